The van der Waals surface area contributed by atoms with E-state index in [1.54, 1.807) is 0 Å². The van der Waals surface area contributed by atoms with Crippen LogP contribution in [-0.4, -0.2) is 42.0 Å². The summed E-state index contributed by atoms with van der Waals surface area (Å²) in [5.74, 6) is -0.917. The summed E-state index contributed by atoms with van der Waals surface area (Å²) in [7, 11) is 4.00. The summed E-state index contributed by atoms with van der Waals surface area (Å²) in [6.07, 6.45) is 1.37. The van der Waals surface area contributed by atoms with Crippen LogP contribution in [0, 0.1) is 0 Å². The maximum Gasteiger partial charge on any atom is 0.303 e. The van der Waals surface area contributed by atoms with Gasteiger partial charge in [-0.2, -0.15) is 0 Å². The van der Waals surface area contributed by atoms with Gasteiger partial charge in [0.15, 0.2) is 0 Å². The third kappa shape index (κ3) is 6.90. The van der Waals surface area contributed by atoms with Gasteiger partial charge in [0, 0.05) is 24.6 Å². The zero-order valence-corrected chi connectivity index (χ0v) is 12.9. The second kappa shape index (κ2) is 8.42. The predicted molar refractivity (Wildman–Crippen MR) is 82.2 cm³/mol. The highest BCUT2D eigenvalue weighted by Crippen LogP contribution is 2.07. The van der Waals surface area contributed by atoms with Crippen molar-refractivity contribution in [1.29, 1.82) is 0 Å². The topological polar surface area (TPSA) is 69.6 Å². The van der Waals surface area contributed by atoms with Gasteiger partial charge in [-0.05, 0) is 51.6 Å². The quantitative estimate of drug-likeness (QED) is 0.770. The Bertz CT molecular complexity index is 469. The molecule has 0 aromatic heterocycles. The number of rotatable bonds is 8. The van der Waals surface area contributed by atoms with Crippen LogP contribution in [0.15, 0.2) is 24.3 Å². The Kier molecular flexibility index (Phi) is 6.88. The molecule has 1 aromatic carbocycles. The summed E-state index contributed by atoms with van der Waals surface area (Å²) >= 11 is 0. The SMILES string of the molecule is CC(CCCC(=O)O)NC(=O)c1ccc(CN(C)C)cc1. The molecule has 0 saturated heterocycles. The van der Waals surface area contributed by atoms with E-state index >= 15 is 0 Å². The molecule has 1 atom stereocenters. The van der Waals surface area contributed by atoms with Gasteiger partial charge < -0.3 is 15.3 Å². The number of nitrogens with zero attached hydrogens (tertiary/aromatic N) is 1. The third-order valence-corrected chi connectivity index (χ3v) is 3.12. The molecule has 2 N–H and O–H groups in total. The molecule has 1 rings (SSSR count). The van der Waals surface area contributed by atoms with Crippen molar-refractivity contribution >= 4 is 11.9 Å². The Morgan fingerprint density at radius 1 is 1.24 bits per heavy atom. The highest BCUT2D eigenvalue weighted by Gasteiger charge is 2.10. The van der Waals surface area contributed by atoms with Crippen LogP contribution < -0.4 is 5.32 Å². The lowest BCUT2D eigenvalue weighted by Gasteiger charge is -2.14. The number of benzene rings is 1. The fourth-order valence-electron chi connectivity index (χ4n) is 2.07. The zero-order valence-electron chi connectivity index (χ0n) is 12.9. The number of carbonyl (C=O) groups is 2. The van der Waals surface area contributed by atoms with Crippen LogP contribution in [0.2, 0.25) is 0 Å². The lowest BCUT2D eigenvalue weighted by Crippen LogP contribution is -2.32. The molecule has 0 fully saturated rings. The number of aliphatic carboxylic acids is 1. The van der Waals surface area contributed by atoms with E-state index in [-0.39, 0.29) is 18.4 Å². The first kappa shape index (κ1) is 17.2. The summed E-state index contributed by atoms with van der Waals surface area (Å²) < 4.78 is 0. The normalized spacial score (nSPS) is 12.2. The zero-order chi connectivity index (χ0) is 15.8. The van der Waals surface area contributed by atoms with Crippen molar-refractivity contribution in [2.24, 2.45) is 0 Å². The van der Waals surface area contributed by atoms with Crippen molar-refractivity contribution in [2.75, 3.05) is 14.1 Å². The van der Waals surface area contributed by atoms with Gasteiger partial charge in [-0.3, -0.25) is 9.59 Å². The molecule has 0 heterocycles. The molecule has 0 spiro atoms. The van der Waals surface area contributed by atoms with E-state index < -0.39 is 5.97 Å². The summed E-state index contributed by atoms with van der Waals surface area (Å²) in [6, 6.07) is 7.50. The molecular weight excluding hydrogens is 268 g/mol. The van der Waals surface area contributed by atoms with Crippen LogP contribution in [0.3, 0.4) is 0 Å². The van der Waals surface area contributed by atoms with Gasteiger partial charge >= 0.3 is 5.97 Å². The molecular formula is C16H24N2O3. The molecule has 5 heteroatoms. The summed E-state index contributed by atoms with van der Waals surface area (Å²) in [6.45, 7) is 2.73. The predicted octanol–water partition coefficient (Wildman–Crippen LogP) is 2.12. The minimum Gasteiger partial charge on any atom is -0.481 e. The summed E-state index contributed by atoms with van der Waals surface area (Å²) in [5, 5.41) is 11.5. The first-order chi connectivity index (χ1) is 9.88. The molecule has 0 saturated carbocycles. The standard InChI is InChI=1S/C16H24N2O3/c1-12(5-4-6-15(19)20)17-16(21)14-9-7-13(8-10-14)11-18(2)3/h7-10,12H,4-6,11H2,1-3H3,(H,17,21)(H,19,20). The van der Waals surface area contributed by atoms with Crippen molar-refractivity contribution < 1.29 is 14.7 Å². The van der Waals surface area contributed by atoms with Crippen molar-refractivity contribution in [3.8, 4) is 0 Å². The number of nitrogens with one attached hydrogen (secondary N) is 1. The van der Waals surface area contributed by atoms with Crippen LogP contribution in [0.25, 0.3) is 0 Å². The first-order valence-electron chi connectivity index (χ1n) is 7.15. The van der Waals surface area contributed by atoms with E-state index in [4.69, 9.17) is 5.11 Å². The third-order valence-electron chi connectivity index (χ3n) is 3.12. The van der Waals surface area contributed by atoms with Crippen LogP contribution in [0.4, 0.5) is 0 Å². The van der Waals surface area contributed by atoms with Crippen molar-refractivity contribution in [2.45, 2.75) is 38.8 Å². The maximum absolute atomic E-state index is 12.0. The Balaban J connectivity index is 2.45. The lowest BCUT2D eigenvalue weighted by atomic mass is 10.1. The Hall–Kier alpha value is -1.88. The smallest absolute Gasteiger partial charge is 0.303 e. The Morgan fingerprint density at radius 3 is 2.38 bits per heavy atom. The molecule has 0 aliphatic carbocycles. The average Bonchev–Trinajstić information content (AvgIpc) is 2.38. The van der Waals surface area contributed by atoms with Gasteiger partial charge in [0.1, 0.15) is 0 Å². The van der Waals surface area contributed by atoms with Crippen LogP contribution in [-0.2, 0) is 11.3 Å². The largest absolute Gasteiger partial charge is 0.481 e. The van der Waals surface area contributed by atoms with Crippen molar-refractivity contribution in [3.05, 3.63) is 35.4 Å². The van der Waals surface area contributed by atoms with Crippen LogP contribution in [0.5, 0.6) is 0 Å². The fourth-order valence-corrected chi connectivity index (χ4v) is 2.07. The second-order valence-electron chi connectivity index (χ2n) is 5.60. The number of amides is 1. The highest BCUT2D eigenvalue weighted by atomic mass is 16.4. The van der Waals surface area contributed by atoms with E-state index in [1.165, 1.54) is 0 Å². The molecule has 1 aromatic rings. The van der Waals surface area contributed by atoms with Crippen LogP contribution >= 0.6 is 0 Å². The van der Waals surface area contributed by atoms with E-state index in [2.05, 4.69) is 10.2 Å². The van der Waals surface area contributed by atoms with E-state index in [0.29, 0.717) is 18.4 Å². The molecule has 1 unspecified atom stereocenters. The van der Waals surface area contributed by atoms with Crippen LogP contribution in [0.1, 0.15) is 42.1 Å². The van der Waals surface area contributed by atoms with Crippen molar-refractivity contribution in [3.63, 3.8) is 0 Å². The maximum atomic E-state index is 12.0. The first-order valence-corrected chi connectivity index (χ1v) is 7.15. The van der Waals surface area contributed by atoms with E-state index in [9.17, 15) is 9.59 Å². The minimum atomic E-state index is -0.801. The minimum absolute atomic E-state index is 0.0294. The number of hydrogen-bond acceptors (Lipinski definition) is 3. The monoisotopic (exact) mass is 292 g/mol. The molecule has 0 aliphatic rings. The fraction of sp³-hybridized carbons (Fsp3) is 0.500. The highest BCUT2D eigenvalue weighted by molar-refractivity contribution is 5.94. The van der Waals surface area contributed by atoms with Crippen molar-refractivity contribution in [1.82, 2.24) is 10.2 Å². The Labute approximate surface area is 126 Å². The number of hydrogen-bond donors (Lipinski definition) is 2. The van der Waals surface area contributed by atoms with E-state index in [1.807, 2.05) is 45.3 Å². The summed E-state index contributed by atoms with van der Waals surface area (Å²) in [4.78, 5) is 24.6. The number of carbonyl (C=O) groups excluding carboxylic acids is 1. The molecule has 116 valence electrons. The molecule has 0 bridgehead atoms. The Morgan fingerprint density at radius 2 is 1.86 bits per heavy atom. The molecule has 0 radical (unpaired) electrons. The molecule has 0 aliphatic heterocycles. The number of carboxylic acids is 1. The number of carboxylic acid groups (broad SMARTS) is 1. The molecule has 1 amide bonds. The lowest BCUT2D eigenvalue weighted by molar-refractivity contribution is -0.137. The van der Waals surface area contributed by atoms with Gasteiger partial charge in [-0.15, -0.1) is 0 Å². The van der Waals surface area contributed by atoms with Gasteiger partial charge in [-0.25, -0.2) is 0 Å². The van der Waals surface area contributed by atoms with Gasteiger partial charge in [0.05, 0.1) is 0 Å². The molecule has 21 heavy (non-hydrogen) atoms. The summed E-state index contributed by atoms with van der Waals surface area (Å²) in [5.41, 5.74) is 1.79. The van der Waals surface area contributed by atoms with E-state index in [0.717, 1.165) is 12.1 Å². The average molecular weight is 292 g/mol. The molecule has 5 nitrogen and oxygen atoms in total. The van der Waals surface area contributed by atoms with Gasteiger partial charge in [-0.1, -0.05) is 12.1 Å². The van der Waals surface area contributed by atoms with Gasteiger partial charge in [0.2, 0.25) is 0 Å². The van der Waals surface area contributed by atoms with Gasteiger partial charge in [0.25, 0.3) is 5.91 Å². The second-order valence-corrected chi connectivity index (χ2v) is 5.60.